The van der Waals surface area contributed by atoms with Crippen molar-refractivity contribution in [1.82, 2.24) is 10.3 Å². The molecule has 1 aromatic heterocycles. The molecule has 0 spiro atoms. The number of amides is 1. The van der Waals surface area contributed by atoms with Gasteiger partial charge in [-0.1, -0.05) is 6.07 Å². The van der Waals surface area contributed by atoms with Crippen molar-refractivity contribution < 1.29 is 4.79 Å². The third kappa shape index (κ3) is 3.17. The Hall–Kier alpha value is -1.62. The Morgan fingerprint density at radius 2 is 2.24 bits per heavy atom. The average molecular weight is 234 g/mol. The second-order valence-electron chi connectivity index (χ2n) is 4.22. The van der Waals surface area contributed by atoms with Crippen LogP contribution in [-0.4, -0.2) is 36.6 Å². The zero-order valence-corrected chi connectivity index (χ0v) is 9.80. The van der Waals surface area contributed by atoms with Crippen molar-refractivity contribution in [3.8, 4) is 0 Å². The topological polar surface area (TPSA) is 71.2 Å². The molecule has 0 aliphatic carbocycles. The van der Waals surface area contributed by atoms with Crippen LogP contribution in [0.25, 0.3) is 0 Å². The molecule has 0 unspecified atom stereocenters. The van der Waals surface area contributed by atoms with E-state index in [4.69, 9.17) is 5.73 Å². The summed E-state index contributed by atoms with van der Waals surface area (Å²) in [7, 11) is 0. The van der Waals surface area contributed by atoms with Crippen molar-refractivity contribution in [2.24, 2.45) is 5.73 Å². The van der Waals surface area contributed by atoms with E-state index < -0.39 is 0 Å². The molecule has 1 aromatic rings. The summed E-state index contributed by atoms with van der Waals surface area (Å²) < 4.78 is 0. The summed E-state index contributed by atoms with van der Waals surface area (Å²) >= 11 is 0. The van der Waals surface area contributed by atoms with Crippen LogP contribution in [0.3, 0.4) is 0 Å². The fourth-order valence-corrected chi connectivity index (χ4v) is 2.08. The maximum atomic E-state index is 11.2. The van der Waals surface area contributed by atoms with Crippen LogP contribution in [0.5, 0.6) is 0 Å². The number of hydrogen-bond donors (Lipinski definition) is 2. The van der Waals surface area contributed by atoms with Gasteiger partial charge >= 0.3 is 0 Å². The lowest BCUT2D eigenvalue weighted by molar-refractivity contribution is -0.120. The molecule has 0 atom stereocenters. The number of carbonyl (C=O) groups excluding carboxylic acids is 1. The van der Waals surface area contributed by atoms with Gasteiger partial charge in [0, 0.05) is 25.3 Å². The molecule has 0 saturated carbocycles. The number of nitrogens with two attached hydrogens (primary N) is 1. The van der Waals surface area contributed by atoms with Gasteiger partial charge in [0.1, 0.15) is 5.82 Å². The molecule has 17 heavy (non-hydrogen) atoms. The molecule has 5 nitrogen and oxygen atoms in total. The van der Waals surface area contributed by atoms with Crippen LogP contribution in [0.1, 0.15) is 12.8 Å². The predicted octanol–water partition coefficient (Wildman–Crippen LogP) is 0.125. The standard InChI is InChI=1S/C12H18N4O/c13-9-12(17)15-10-4-7-16(8-5-10)11-3-1-2-6-14-11/h1-3,6,10H,4-5,7-9,13H2,(H,15,17). The largest absolute Gasteiger partial charge is 0.356 e. The van der Waals surface area contributed by atoms with Crippen molar-refractivity contribution in [3.05, 3.63) is 24.4 Å². The van der Waals surface area contributed by atoms with Gasteiger partial charge in [-0.25, -0.2) is 4.98 Å². The maximum Gasteiger partial charge on any atom is 0.233 e. The van der Waals surface area contributed by atoms with Crippen molar-refractivity contribution in [1.29, 1.82) is 0 Å². The van der Waals surface area contributed by atoms with E-state index in [0.29, 0.717) is 0 Å². The summed E-state index contributed by atoms with van der Waals surface area (Å²) in [5, 5.41) is 2.93. The smallest absolute Gasteiger partial charge is 0.233 e. The van der Waals surface area contributed by atoms with E-state index in [1.165, 1.54) is 0 Å². The molecular weight excluding hydrogens is 216 g/mol. The third-order valence-electron chi connectivity index (χ3n) is 3.02. The quantitative estimate of drug-likeness (QED) is 0.779. The lowest BCUT2D eigenvalue weighted by Crippen LogP contribution is -2.46. The average Bonchev–Trinajstić information content (AvgIpc) is 2.40. The highest BCUT2D eigenvalue weighted by atomic mass is 16.1. The molecule has 92 valence electrons. The minimum Gasteiger partial charge on any atom is -0.356 e. The van der Waals surface area contributed by atoms with Gasteiger partial charge in [0.2, 0.25) is 5.91 Å². The van der Waals surface area contributed by atoms with Crippen LogP contribution in [-0.2, 0) is 4.79 Å². The van der Waals surface area contributed by atoms with Crippen molar-refractivity contribution in [2.75, 3.05) is 24.5 Å². The number of nitrogens with one attached hydrogen (secondary N) is 1. The first kappa shape index (κ1) is 11.9. The lowest BCUT2D eigenvalue weighted by atomic mass is 10.1. The molecule has 3 N–H and O–H groups in total. The second-order valence-corrected chi connectivity index (χ2v) is 4.22. The number of carbonyl (C=O) groups is 1. The fourth-order valence-electron chi connectivity index (χ4n) is 2.08. The van der Waals surface area contributed by atoms with E-state index in [0.717, 1.165) is 31.7 Å². The maximum absolute atomic E-state index is 11.2. The summed E-state index contributed by atoms with van der Waals surface area (Å²) in [6.45, 7) is 1.92. The molecule has 0 aromatic carbocycles. The molecule has 1 aliphatic heterocycles. The molecule has 2 rings (SSSR count). The monoisotopic (exact) mass is 234 g/mol. The Morgan fingerprint density at radius 3 is 2.82 bits per heavy atom. The Kier molecular flexibility index (Phi) is 3.93. The Labute approximate surface area is 101 Å². The van der Waals surface area contributed by atoms with Gasteiger partial charge in [0.05, 0.1) is 6.54 Å². The highest BCUT2D eigenvalue weighted by Gasteiger charge is 2.20. The summed E-state index contributed by atoms with van der Waals surface area (Å²) in [4.78, 5) is 17.7. The van der Waals surface area contributed by atoms with Crippen molar-refractivity contribution in [3.63, 3.8) is 0 Å². The minimum atomic E-state index is -0.0683. The van der Waals surface area contributed by atoms with E-state index in [1.807, 2.05) is 18.2 Å². The number of anilines is 1. The first-order valence-electron chi connectivity index (χ1n) is 5.95. The predicted molar refractivity (Wildman–Crippen MR) is 66.7 cm³/mol. The normalized spacial score (nSPS) is 16.9. The van der Waals surface area contributed by atoms with Crippen LogP contribution < -0.4 is 16.0 Å². The van der Waals surface area contributed by atoms with Crippen LogP contribution in [0.4, 0.5) is 5.82 Å². The molecule has 2 heterocycles. The van der Waals surface area contributed by atoms with E-state index in [-0.39, 0.29) is 18.5 Å². The van der Waals surface area contributed by atoms with E-state index in [9.17, 15) is 4.79 Å². The van der Waals surface area contributed by atoms with Gasteiger partial charge < -0.3 is 16.0 Å². The SMILES string of the molecule is NCC(=O)NC1CCN(c2ccccn2)CC1. The highest BCUT2D eigenvalue weighted by molar-refractivity contribution is 5.78. The molecule has 1 amide bonds. The second kappa shape index (κ2) is 5.63. The van der Waals surface area contributed by atoms with Crippen LogP contribution >= 0.6 is 0 Å². The third-order valence-corrected chi connectivity index (χ3v) is 3.02. The van der Waals surface area contributed by atoms with E-state index in [1.54, 1.807) is 6.20 Å². The van der Waals surface area contributed by atoms with E-state index >= 15 is 0 Å². The zero-order valence-electron chi connectivity index (χ0n) is 9.80. The summed E-state index contributed by atoms with van der Waals surface area (Å²) in [6.07, 6.45) is 3.70. The van der Waals surface area contributed by atoms with Crippen LogP contribution in [0, 0.1) is 0 Å². The number of rotatable bonds is 3. The lowest BCUT2D eigenvalue weighted by Gasteiger charge is -2.33. The van der Waals surface area contributed by atoms with Gasteiger partial charge in [-0.2, -0.15) is 0 Å². The summed E-state index contributed by atoms with van der Waals surface area (Å²) in [5.74, 6) is 0.942. The summed E-state index contributed by atoms with van der Waals surface area (Å²) in [5.41, 5.74) is 5.28. The Balaban J connectivity index is 1.84. The Bertz CT molecular complexity index is 360. The van der Waals surface area contributed by atoms with Crippen molar-refractivity contribution in [2.45, 2.75) is 18.9 Å². The Morgan fingerprint density at radius 1 is 1.47 bits per heavy atom. The highest BCUT2D eigenvalue weighted by Crippen LogP contribution is 2.16. The minimum absolute atomic E-state index is 0.0683. The number of pyridine rings is 1. The van der Waals surface area contributed by atoms with Crippen LogP contribution in [0.2, 0.25) is 0 Å². The van der Waals surface area contributed by atoms with Crippen LogP contribution in [0.15, 0.2) is 24.4 Å². The molecule has 1 aliphatic rings. The first-order chi connectivity index (χ1) is 8.29. The number of piperidine rings is 1. The molecule has 1 saturated heterocycles. The van der Waals surface area contributed by atoms with Gasteiger partial charge in [-0.3, -0.25) is 4.79 Å². The number of aromatic nitrogens is 1. The first-order valence-corrected chi connectivity index (χ1v) is 5.95. The molecule has 5 heteroatoms. The zero-order chi connectivity index (χ0) is 12.1. The van der Waals surface area contributed by atoms with Crippen molar-refractivity contribution >= 4 is 11.7 Å². The van der Waals surface area contributed by atoms with Gasteiger partial charge in [0.15, 0.2) is 0 Å². The van der Waals surface area contributed by atoms with Gasteiger partial charge in [-0.15, -0.1) is 0 Å². The molecular formula is C12H18N4O. The summed E-state index contributed by atoms with van der Waals surface area (Å²) in [6, 6.07) is 6.17. The molecule has 1 fully saturated rings. The number of nitrogens with zero attached hydrogens (tertiary/aromatic N) is 2. The molecule has 0 radical (unpaired) electrons. The number of hydrogen-bond acceptors (Lipinski definition) is 4. The molecule has 0 bridgehead atoms. The van der Waals surface area contributed by atoms with Gasteiger partial charge in [-0.05, 0) is 25.0 Å². The van der Waals surface area contributed by atoms with Gasteiger partial charge in [0.25, 0.3) is 0 Å². The fraction of sp³-hybridized carbons (Fsp3) is 0.500. The van der Waals surface area contributed by atoms with E-state index in [2.05, 4.69) is 15.2 Å².